The van der Waals surface area contributed by atoms with Crippen molar-refractivity contribution in [3.63, 3.8) is 0 Å². The maximum absolute atomic E-state index is 11.4. The number of carbonyl (C=O) groups is 1. The monoisotopic (exact) mass is 365 g/mol. The molecule has 3 aromatic rings. The Morgan fingerprint density at radius 1 is 1.42 bits per heavy atom. The first-order valence-corrected chi connectivity index (χ1v) is 8.80. The van der Waals surface area contributed by atoms with Gasteiger partial charge in [-0.3, -0.25) is 0 Å². The van der Waals surface area contributed by atoms with E-state index in [9.17, 15) is 4.79 Å². The minimum atomic E-state index is -0.487. The van der Waals surface area contributed by atoms with Gasteiger partial charge in [0.05, 0.1) is 25.2 Å². The molecule has 0 spiro atoms. The van der Waals surface area contributed by atoms with E-state index < -0.39 is 5.97 Å². The third-order valence-corrected chi connectivity index (χ3v) is 5.18. The summed E-state index contributed by atoms with van der Waals surface area (Å²) in [6.07, 6.45) is 1.63. The summed E-state index contributed by atoms with van der Waals surface area (Å²) in [5.41, 5.74) is 0. The molecule has 126 valence electrons. The number of aromatic nitrogens is 2. The van der Waals surface area contributed by atoms with Crippen molar-refractivity contribution in [3.8, 4) is 0 Å². The van der Waals surface area contributed by atoms with Gasteiger partial charge >= 0.3 is 5.97 Å². The molecule has 0 saturated carbocycles. The van der Waals surface area contributed by atoms with Crippen LogP contribution < -0.4 is 5.32 Å². The molecular formula is C15H15N3O4S2. The van der Waals surface area contributed by atoms with E-state index in [1.165, 1.54) is 30.2 Å². The first-order valence-electron chi connectivity index (χ1n) is 7.10. The van der Waals surface area contributed by atoms with E-state index >= 15 is 0 Å². The van der Waals surface area contributed by atoms with Gasteiger partial charge in [-0.1, -0.05) is 23.1 Å². The fraction of sp³-hybridized carbons (Fsp3) is 0.267. The highest BCUT2D eigenvalue weighted by molar-refractivity contribution is 8.01. The minimum Gasteiger partial charge on any atom is -0.467 e. The van der Waals surface area contributed by atoms with E-state index in [-0.39, 0.29) is 11.0 Å². The van der Waals surface area contributed by atoms with Crippen molar-refractivity contribution in [2.75, 3.05) is 12.4 Å². The van der Waals surface area contributed by atoms with Gasteiger partial charge < -0.3 is 18.9 Å². The van der Waals surface area contributed by atoms with Gasteiger partial charge in [0.1, 0.15) is 11.5 Å². The highest BCUT2D eigenvalue weighted by atomic mass is 32.2. The second kappa shape index (κ2) is 7.54. The third-order valence-electron chi connectivity index (χ3n) is 3.09. The number of nitrogens with zero attached hydrogens (tertiary/aromatic N) is 2. The molecule has 0 aliphatic rings. The topological polar surface area (TPSA) is 90.4 Å². The number of hydrogen-bond donors (Lipinski definition) is 1. The van der Waals surface area contributed by atoms with Gasteiger partial charge in [-0.2, -0.15) is 0 Å². The Morgan fingerprint density at radius 2 is 2.29 bits per heavy atom. The number of hydrogen-bond acceptors (Lipinski definition) is 9. The molecule has 0 bridgehead atoms. The molecule has 7 nitrogen and oxygen atoms in total. The van der Waals surface area contributed by atoms with Crippen LogP contribution in [0.4, 0.5) is 5.13 Å². The van der Waals surface area contributed by atoms with Gasteiger partial charge in [-0.15, -0.1) is 10.2 Å². The lowest BCUT2D eigenvalue weighted by Crippen LogP contribution is -1.98. The minimum absolute atomic E-state index is 0.00530. The highest BCUT2D eigenvalue weighted by Crippen LogP contribution is 2.38. The van der Waals surface area contributed by atoms with Crippen molar-refractivity contribution in [2.24, 2.45) is 0 Å². The zero-order valence-electron chi connectivity index (χ0n) is 13.0. The number of furan rings is 2. The zero-order valence-corrected chi connectivity index (χ0v) is 14.6. The van der Waals surface area contributed by atoms with Crippen molar-refractivity contribution in [3.05, 3.63) is 47.8 Å². The number of nitrogens with one attached hydrogen (secondary N) is 1. The number of ether oxygens (including phenoxy) is 1. The molecule has 3 heterocycles. The van der Waals surface area contributed by atoms with Gasteiger partial charge in [0.15, 0.2) is 4.34 Å². The molecule has 1 N–H and O–H groups in total. The molecular weight excluding hydrogens is 350 g/mol. The molecule has 0 fully saturated rings. The molecule has 0 radical (unpaired) electrons. The van der Waals surface area contributed by atoms with Gasteiger partial charge in [0.25, 0.3) is 0 Å². The van der Waals surface area contributed by atoms with Crippen LogP contribution in [0.3, 0.4) is 0 Å². The number of thioether (sulfide) groups is 1. The molecule has 1 unspecified atom stereocenters. The normalized spacial score (nSPS) is 12.1. The van der Waals surface area contributed by atoms with Crippen LogP contribution in [-0.2, 0) is 11.3 Å². The van der Waals surface area contributed by atoms with Crippen LogP contribution in [0.15, 0.2) is 43.7 Å². The number of esters is 1. The molecule has 3 aromatic heterocycles. The molecule has 3 rings (SSSR count). The molecule has 1 atom stereocenters. The first kappa shape index (κ1) is 16.6. The van der Waals surface area contributed by atoms with Crippen LogP contribution >= 0.6 is 23.1 Å². The van der Waals surface area contributed by atoms with E-state index in [0.717, 1.165) is 15.2 Å². The third kappa shape index (κ3) is 3.98. The number of carbonyl (C=O) groups excluding carboxylic acids is 1. The molecule has 0 aromatic carbocycles. The summed E-state index contributed by atoms with van der Waals surface area (Å²) in [5, 5.41) is 12.1. The molecule has 24 heavy (non-hydrogen) atoms. The van der Waals surface area contributed by atoms with E-state index in [4.69, 9.17) is 8.83 Å². The molecule has 0 saturated heterocycles. The van der Waals surface area contributed by atoms with Gasteiger partial charge in [0, 0.05) is 0 Å². The van der Waals surface area contributed by atoms with Crippen LogP contribution in [0.5, 0.6) is 0 Å². The summed E-state index contributed by atoms with van der Waals surface area (Å²) in [6.45, 7) is 2.53. The second-order valence-electron chi connectivity index (χ2n) is 4.76. The SMILES string of the molecule is COC(=O)c1ccc(C(C)Sc2nnc(NCc3ccco3)s2)o1. The van der Waals surface area contributed by atoms with Gasteiger partial charge in [0.2, 0.25) is 10.9 Å². The smallest absolute Gasteiger partial charge is 0.373 e. The summed E-state index contributed by atoms with van der Waals surface area (Å²) in [6, 6.07) is 7.10. The molecule has 0 aliphatic heterocycles. The highest BCUT2D eigenvalue weighted by Gasteiger charge is 2.18. The molecule has 9 heteroatoms. The lowest BCUT2D eigenvalue weighted by Gasteiger charge is -2.04. The predicted octanol–water partition coefficient (Wildman–Crippen LogP) is 3.98. The average molecular weight is 365 g/mol. The quantitative estimate of drug-likeness (QED) is 0.497. The van der Waals surface area contributed by atoms with Gasteiger partial charge in [-0.05, 0) is 31.2 Å². The summed E-state index contributed by atoms with van der Waals surface area (Å²) in [4.78, 5) is 11.4. The standard InChI is InChI=1S/C15H15N3O4S2/c1-9(11-5-6-12(22-11)13(19)20-2)23-15-18-17-14(24-15)16-8-10-4-3-7-21-10/h3-7,9H,8H2,1-2H3,(H,16,17). The summed E-state index contributed by atoms with van der Waals surface area (Å²) in [5.74, 6) is 1.22. The lowest BCUT2D eigenvalue weighted by atomic mass is 10.3. The van der Waals surface area contributed by atoms with Crippen molar-refractivity contribution >= 4 is 34.2 Å². The number of methoxy groups -OCH3 is 1. The van der Waals surface area contributed by atoms with Crippen molar-refractivity contribution < 1.29 is 18.4 Å². The van der Waals surface area contributed by atoms with Crippen LogP contribution in [0.25, 0.3) is 0 Å². The predicted molar refractivity (Wildman–Crippen MR) is 90.3 cm³/mol. The van der Waals surface area contributed by atoms with Crippen LogP contribution in [0.2, 0.25) is 0 Å². The Kier molecular flexibility index (Phi) is 5.21. The first-order chi connectivity index (χ1) is 11.7. The largest absolute Gasteiger partial charge is 0.467 e. The zero-order chi connectivity index (χ0) is 16.9. The fourth-order valence-electron chi connectivity index (χ4n) is 1.90. The lowest BCUT2D eigenvalue weighted by molar-refractivity contribution is 0.0563. The van der Waals surface area contributed by atoms with Gasteiger partial charge in [-0.25, -0.2) is 4.79 Å². The summed E-state index contributed by atoms with van der Waals surface area (Å²) >= 11 is 2.96. The number of anilines is 1. The van der Waals surface area contributed by atoms with E-state index in [1.807, 2.05) is 19.1 Å². The Labute approximate surface area is 146 Å². The Hall–Kier alpha value is -2.26. The Bertz CT molecular complexity index is 797. The van der Waals surface area contributed by atoms with E-state index in [1.54, 1.807) is 18.4 Å². The van der Waals surface area contributed by atoms with Crippen LogP contribution in [-0.4, -0.2) is 23.3 Å². The van der Waals surface area contributed by atoms with Crippen LogP contribution in [0.1, 0.15) is 34.2 Å². The number of rotatable bonds is 7. The second-order valence-corrected chi connectivity index (χ2v) is 7.33. The molecule has 0 aliphatic carbocycles. The fourth-order valence-corrected chi connectivity index (χ4v) is 3.86. The average Bonchev–Trinajstić information content (AvgIpc) is 3.32. The maximum Gasteiger partial charge on any atom is 0.373 e. The van der Waals surface area contributed by atoms with Crippen molar-refractivity contribution in [1.82, 2.24) is 10.2 Å². The maximum atomic E-state index is 11.4. The van der Waals surface area contributed by atoms with E-state index in [2.05, 4.69) is 20.3 Å². The Balaban J connectivity index is 1.57. The van der Waals surface area contributed by atoms with Crippen molar-refractivity contribution in [1.29, 1.82) is 0 Å². The summed E-state index contributed by atoms with van der Waals surface area (Å²) < 4.78 is 16.2. The molecule has 0 amide bonds. The van der Waals surface area contributed by atoms with Crippen molar-refractivity contribution in [2.45, 2.75) is 23.1 Å². The summed E-state index contributed by atoms with van der Waals surface area (Å²) in [7, 11) is 1.32. The van der Waals surface area contributed by atoms with E-state index in [0.29, 0.717) is 12.3 Å². The van der Waals surface area contributed by atoms with Crippen LogP contribution in [0, 0.1) is 0 Å². The Morgan fingerprint density at radius 3 is 3.04 bits per heavy atom.